The van der Waals surface area contributed by atoms with Crippen LogP contribution in [0.4, 0.5) is 0 Å². The van der Waals surface area contributed by atoms with Crippen LogP contribution in [0.5, 0.6) is 5.75 Å². The van der Waals surface area contributed by atoms with Crippen molar-refractivity contribution in [3.8, 4) is 5.75 Å². The number of hydrogen-bond acceptors (Lipinski definition) is 7. The number of hydrogen-bond donors (Lipinski definition) is 2. The Hall–Kier alpha value is -2.85. The highest BCUT2D eigenvalue weighted by molar-refractivity contribution is 7.90. The zero-order valence-corrected chi connectivity index (χ0v) is 28.3. The number of ether oxygens (including phenoxy) is 2. The zero-order chi connectivity index (χ0) is 32.2. The molecule has 0 aromatic heterocycles. The molecule has 3 aliphatic rings. The Morgan fingerprint density at radius 3 is 2.62 bits per heavy atom. The minimum Gasteiger partial charge on any atom is -0.497 e. The first-order valence-corrected chi connectivity index (χ1v) is 18.6. The van der Waals surface area contributed by atoms with Gasteiger partial charge in [-0.2, -0.15) is 0 Å². The van der Waals surface area contributed by atoms with Crippen molar-refractivity contribution >= 4 is 21.8 Å². The molecule has 1 aromatic carbocycles. The zero-order valence-electron chi connectivity index (χ0n) is 27.4. The van der Waals surface area contributed by atoms with Gasteiger partial charge in [0.2, 0.25) is 15.9 Å². The van der Waals surface area contributed by atoms with Crippen LogP contribution in [0, 0.1) is 11.8 Å². The second-order valence-corrected chi connectivity index (χ2v) is 14.9. The molecule has 9 nitrogen and oxygen atoms in total. The van der Waals surface area contributed by atoms with Crippen molar-refractivity contribution in [3.05, 3.63) is 53.0 Å². The molecule has 45 heavy (non-hydrogen) atoms. The van der Waals surface area contributed by atoms with Crippen LogP contribution in [0.3, 0.4) is 0 Å². The second-order valence-electron chi connectivity index (χ2n) is 12.9. The molecule has 0 radical (unpaired) electrons. The van der Waals surface area contributed by atoms with Gasteiger partial charge < -0.3 is 14.8 Å². The van der Waals surface area contributed by atoms with Crippen LogP contribution in [0.25, 0.3) is 0 Å². The molecule has 0 bridgehead atoms. The largest absolute Gasteiger partial charge is 0.497 e. The Kier molecular flexibility index (Phi) is 13.4. The summed E-state index contributed by atoms with van der Waals surface area (Å²) in [4.78, 5) is 27.8. The SMILES string of the molecule is CCS(=O)(=O)NC(=O)CCc1ccc(OC)cc1CN1CCCC1C1=CCC(C)C(C(=O)NCCCCC2CCCCC2)=CO1. The number of carbonyl (C=O) groups is 2. The van der Waals surface area contributed by atoms with Crippen LogP contribution in [0.2, 0.25) is 0 Å². The lowest BCUT2D eigenvalue weighted by atomic mass is 9.86. The first-order valence-electron chi connectivity index (χ1n) is 17.0. The topological polar surface area (TPSA) is 114 Å². The fraction of sp³-hybridized carbons (Fsp3) is 0.657. The summed E-state index contributed by atoms with van der Waals surface area (Å²) in [5.41, 5.74) is 2.71. The summed E-state index contributed by atoms with van der Waals surface area (Å²) in [6.45, 7) is 5.81. The minimum absolute atomic E-state index is 0.0325. The number of allylic oxidation sites excluding steroid dienone is 1. The Morgan fingerprint density at radius 1 is 1.07 bits per heavy atom. The van der Waals surface area contributed by atoms with Crippen molar-refractivity contribution in [2.45, 2.75) is 110 Å². The van der Waals surface area contributed by atoms with E-state index in [1.54, 1.807) is 13.4 Å². The normalized spacial score (nSPS) is 21.3. The number of nitrogens with zero attached hydrogens (tertiary/aromatic N) is 1. The number of carbonyl (C=O) groups excluding carboxylic acids is 2. The molecule has 1 saturated heterocycles. The summed E-state index contributed by atoms with van der Waals surface area (Å²) in [5, 5.41) is 3.13. The highest BCUT2D eigenvalue weighted by Crippen LogP contribution is 2.32. The van der Waals surface area contributed by atoms with Crippen LogP contribution >= 0.6 is 0 Å². The Bertz CT molecular complexity index is 1320. The average Bonchev–Trinajstić information content (AvgIpc) is 3.40. The third-order valence-electron chi connectivity index (χ3n) is 9.59. The van der Waals surface area contributed by atoms with Crippen molar-refractivity contribution in [2.75, 3.05) is 26.0 Å². The van der Waals surface area contributed by atoms with Crippen molar-refractivity contribution in [3.63, 3.8) is 0 Å². The van der Waals surface area contributed by atoms with E-state index in [1.807, 2.05) is 18.2 Å². The summed E-state index contributed by atoms with van der Waals surface area (Å²) < 4.78 is 37.5. The van der Waals surface area contributed by atoms with Crippen LogP contribution < -0.4 is 14.8 Å². The van der Waals surface area contributed by atoms with Crippen molar-refractivity contribution in [1.82, 2.24) is 14.9 Å². The number of nitrogens with one attached hydrogen (secondary N) is 2. The van der Waals surface area contributed by atoms with Gasteiger partial charge in [-0.1, -0.05) is 57.9 Å². The highest BCUT2D eigenvalue weighted by Gasteiger charge is 2.31. The number of unbranched alkanes of at least 4 members (excludes halogenated alkanes) is 1. The Balaban J connectivity index is 1.33. The van der Waals surface area contributed by atoms with Crippen LogP contribution in [-0.4, -0.2) is 57.1 Å². The standard InChI is InChI=1S/C35H53N3O6S/c1-4-45(41,42)37-34(39)20-17-28-16-18-30(43-3)23-29(28)24-38-22-10-14-32(38)33-19-15-26(2)31(25-44-33)35(40)36-21-9-8-13-27-11-6-5-7-12-27/h16,18-19,23,25-27,32H,4-15,17,20-22,24H2,1-3H3,(H,36,40)(H,37,39). The molecule has 2 fully saturated rings. The molecule has 1 aromatic rings. The molecule has 2 amide bonds. The third-order valence-corrected chi connectivity index (χ3v) is 10.9. The van der Waals surface area contributed by atoms with E-state index in [2.05, 4.69) is 27.9 Å². The summed E-state index contributed by atoms with van der Waals surface area (Å²) in [7, 11) is -1.96. The van der Waals surface area contributed by atoms with Gasteiger partial charge in [-0.3, -0.25) is 19.2 Å². The molecule has 2 N–H and O–H groups in total. The van der Waals surface area contributed by atoms with E-state index in [4.69, 9.17) is 9.47 Å². The summed E-state index contributed by atoms with van der Waals surface area (Å²) >= 11 is 0. The van der Waals surface area contributed by atoms with E-state index in [0.29, 0.717) is 25.1 Å². The number of rotatable bonds is 15. The van der Waals surface area contributed by atoms with Gasteiger partial charge in [0, 0.05) is 19.5 Å². The summed E-state index contributed by atoms with van der Waals surface area (Å²) in [6, 6.07) is 5.89. The summed E-state index contributed by atoms with van der Waals surface area (Å²) in [5.74, 6) is 1.87. The lowest BCUT2D eigenvalue weighted by Gasteiger charge is -2.27. The van der Waals surface area contributed by atoms with Crippen molar-refractivity contribution in [1.29, 1.82) is 0 Å². The smallest absolute Gasteiger partial charge is 0.250 e. The second kappa shape index (κ2) is 17.2. The third kappa shape index (κ3) is 10.6. The van der Waals surface area contributed by atoms with Crippen molar-refractivity contribution in [2.24, 2.45) is 11.8 Å². The lowest BCUT2D eigenvalue weighted by Crippen LogP contribution is -2.32. The fourth-order valence-electron chi connectivity index (χ4n) is 6.77. The number of likely N-dealkylation sites (tertiary alicyclic amines) is 1. The van der Waals surface area contributed by atoms with Gasteiger partial charge in [0.15, 0.2) is 0 Å². The van der Waals surface area contributed by atoms with Crippen LogP contribution in [0.15, 0.2) is 41.9 Å². The molecule has 2 atom stereocenters. The molecular weight excluding hydrogens is 590 g/mol. The maximum atomic E-state index is 13.1. The van der Waals surface area contributed by atoms with Crippen LogP contribution in [0.1, 0.15) is 102 Å². The van der Waals surface area contributed by atoms with Gasteiger partial charge in [-0.25, -0.2) is 8.42 Å². The van der Waals surface area contributed by atoms with E-state index in [9.17, 15) is 18.0 Å². The van der Waals surface area contributed by atoms with Gasteiger partial charge >= 0.3 is 0 Å². The molecule has 10 heteroatoms. The monoisotopic (exact) mass is 643 g/mol. The molecular formula is C35H53N3O6S. The fourth-order valence-corrected chi connectivity index (χ4v) is 7.36. The van der Waals surface area contributed by atoms with E-state index >= 15 is 0 Å². The Labute approximate surface area is 270 Å². The maximum absolute atomic E-state index is 13.1. The number of benzene rings is 1. The highest BCUT2D eigenvalue weighted by atomic mass is 32.2. The quantitative estimate of drug-likeness (QED) is 0.234. The summed E-state index contributed by atoms with van der Waals surface area (Å²) in [6.07, 6.45) is 17.3. The van der Waals surface area contributed by atoms with Gasteiger partial charge in [-0.15, -0.1) is 0 Å². The van der Waals surface area contributed by atoms with E-state index in [-0.39, 0.29) is 30.0 Å². The molecule has 4 rings (SSSR count). The molecule has 1 saturated carbocycles. The number of methoxy groups -OCH3 is 1. The number of amides is 2. The molecule has 2 heterocycles. The maximum Gasteiger partial charge on any atom is 0.250 e. The number of sulfonamides is 1. The molecule has 250 valence electrons. The average molecular weight is 644 g/mol. The van der Waals surface area contributed by atoms with Gasteiger partial charge in [0.25, 0.3) is 5.91 Å². The van der Waals surface area contributed by atoms with Gasteiger partial charge in [0.05, 0.1) is 30.7 Å². The van der Waals surface area contributed by atoms with Crippen molar-refractivity contribution < 1.29 is 27.5 Å². The molecule has 2 aliphatic heterocycles. The van der Waals surface area contributed by atoms with Gasteiger partial charge in [0.1, 0.15) is 11.5 Å². The first-order chi connectivity index (χ1) is 21.7. The predicted octanol–water partition coefficient (Wildman–Crippen LogP) is 5.75. The number of aryl methyl sites for hydroxylation is 1. The Morgan fingerprint density at radius 2 is 1.87 bits per heavy atom. The van der Waals surface area contributed by atoms with E-state index in [1.165, 1.54) is 51.9 Å². The van der Waals surface area contributed by atoms with Gasteiger partial charge in [-0.05, 0) is 86.7 Å². The van der Waals surface area contributed by atoms with Crippen LogP contribution in [-0.2, 0) is 37.3 Å². The minimum atomic E-state index is -3.59. The lowest BCUT2D eigenvalue weighted by molar-refractivity contribution is -0.119. The molecule has 0 spiro atoms. The van der Waals surface area contributed by atoms with E-state index < -0.39 is 15.9 Å². The van der Waals surface area contributed by atoms with E-state index in [0.717, 1.165) is 60.8 Å². The first kappa shape index (κ1) is 35.0. The molecule has 2 unspecified atom stereocenters. The molecule has 1 aliphatic carbocycles. The predicted molar refractivity (Wildman–Crippen MR) is 177 cm³/mol.